The fraction of sp³-hybridized carbons (Fsp3) is 1.00. The zero-order valence-corrected chi connectivity index (χ0v) is 17.4. The van der Waals surface area contributed by atoms with Crippen molar-refractivity contribution < 1.29 is 4.74 Å². The van der Waals surface area contributed by atoms with Gasteiger partial charge < -0.3 is 9.64 Å². The van der Waals surface area contributed by atoms with Crippen molar-refractivity contribution in [1.82, 2.24) is 4.90 Å². The van der Waals surface area contributed by atoms with Gasteiger partial charge in [-0.05, 0) is 114 Å². The van der Waals surface area contributed by atoms with Gasteiger partial charge in [-0.25, -0.2) is 0 Å². The molecule has 2 heteroatoms. The van der Waals surface area contributed by atoms with Gasteiger partial charge in [-0.2, -0.15) is 0 Å². The molecule has 0 aromatic rings. The summed E-state index contributed by atoms with van der Waals surface area (Å²) >= 11 is 0. The fourth-order valence-electron chi connectivity index (χ4n) is 5.84. The van der Waals surface area contributed by atoms with Crippen LogP contribution in [0.3, 0.4) is 0 Å². The van der Waals surface area contributed by atoms with Gasteiger partial charge in [0.2, 0.25) is 0 Å². The first-order chi connectivity index (χ1) is 12.0. The van der Waals surface area contributed by atoms with Crippen molar-refractivity contribution in [2.45, 2.75) is 104 Å². The van der Waals surface area contributed by atoms with E-state index in [1.54, 1.807) is 0 Å². The Kier molecular flexibility index (Phi) is 6.88. The minimum absolute atomic E-state index is 0.395. The summed E-state index contributed by atoms with van der Waals surface area (Å²) in [6, 6.07) is 0. The second-order valence-corrected chi connectivity index (χ2v) is 10.2. The minimum Gasteiger partial charge on any atom is -0.376 e. The van der Waals surface area contributed by atoms with Crippen LogP contribution in [0.1, 0.15) is 91.9 Å². The van der Waals surface area contributed by atoms with E-state index in [4.69, 9.17) is 4.74 Å². The molecule has 1 saturated heterocycles. The Labute approximate surface area is 157 Å². The van der Waals surface area contributed by atoms with Gasteiger partial charge >= 0.3 is 0 Å². The van der Waals surface area contributed by atoms with Crippen LogP contribution in [-0.2, 0) is 4.74 Å². The third-order valence-electron chi connectivity index (χ3n) is 7.73. The van der Waals surface area contributed by atoms with Gasteiger partial charge in [0.15, 0.2) is 0 Å². The first-order valence-electron chi connectivity index (χ1n) is 11.3. The highest BCUT2D eigenvalue weighted by atomic mass is 16.5. The lowest BCUT2D eigenvalue weighted by atomic mass is 9.67. The van der Waals surface area contributed by atoms with Gasteiger partial charge in [0.1, 0.15) is 0 Å². The Morgan fingerprint density at radius 2 is 1.44 bits per heavy atom. The largest absolute Gasteiger partial charge is 0.376 e. The normalized spacial score (nSPS) is 31.9. The first kappa shape index (κ1) is 19.7. The average Bonchev–Trinajstić information content (AvgIpc) is 2.59. The molecule has 25 heavy (non-hydrogen) atoms. The minimum atomic E-state index is 0.395. The van der Waals surface area contributed by atoms with Gasteiger partial charge in [0.05, 0.1) is 12.2 Å². The van der Waals surface area contributed by atoms with Gasteiger partial charge in [0.25, 0.3) is 0 Å². The summed E-state index contributed by atoms with van der Waals surface area (Å²) in [6.45, 7) is 13.3. The molecule has 0 radical (unpaired) electrons. The molecule has 2 aliphatic carbocycles. The van der Waals surface area contributed by atoms with Crippen molar-refractivity contribution in [1.29, 1.82) is 0 Å². The third-order valence-corrected chi connectivity index (χ3v) is 7.73. The molecule has 3 fully saturated rings. The molecule has 1 heterocycles. The lowest BCUT2D eigenvalue weighted by Crippen LogP contribution is -2.44. The van der Waals surface area contributed by atoms with E-state index >= 15 is 0 Å². The second kappa shape index (κ2) is 8.74. The predicted octanol–water partition coefficient (Wildman–Crippen LogP) is 5.90. The highest BCUT2D eigenvalue weighted by molar-refractivity contribution is 4.91. The van der Waals surface area contributed by atoms with Gasteiger partial charge in [0, 0.05) is 6.54 Å². The van der Waals surface area contributed by atoms with E-state index in [0.717, 1.165) is 17.8 Å². The van der Waals surface area contributed by atoms with Crippen LogP contribution in [0.4, 0.5) is 0 Å². The maximum absolute atomic E-state index is 6.06. The molecule has 0 atom stereocenters. The predicted molar refractivity (Wildman–Crippen MR) is 107 cm³/mol. The molecular weight excluding hydrogens is 306 g/mol. The zero-order chi connectivity index (χ0) is 17.9. The number of likely N-dealkylation sites (tertiary alicyclic amines) is 1. The highest BCUT2D eigenvalue weighted by Crippen LogP contribution is 2.45. The molecule has 0 aromatic carbocycles. The number of hydrogen-bond donors (Lipinski definition) is 0. The first-order valence-corrected chi connectivity index (χ1v) is 11.3. The highest BCUT2D eigenvalue weighted by Gasteiger charge is 2.38. The average molecular weight is 350 g/mol. The summed E-state index contributed by atoms with van der Waals surface area (Å²) in [4.78, 5) is 2.81. The lowest BCUT2D eigenvalue weighted by Gasteiger charge is -2.47. The number of rotatable bonds is 5. The smallest absolute Gasteiger partial charge is 0.0579 e. The van der Waals surface area contributed by atoms with E-state index in [9.17, 15) is 0 Å². The lowest BCUT2D eigenvalue weighted by molar-refractivity contribution is -0.0492. The number of nitrogens with zero attached hydrogens (tertiary/aromatic N) is 1. The number of ether oxygens (including phenoxy) is 1. The monoisotopic (exact) mass is 349 g/mol. The van der Waals surface area contributed by atoms with E-state index in [1.807, 2.05) is 0 Å². The van der Waals surface area contributed by atoms with Crippen molar-refractivity contribution in [3.8, 4) is 0 Å². The Morgan fingerprint density at radius 1 is 0.840 bits per heavy atom. The van der Waals surface area contributed by atoms with Crippen molar-refractivity contribution in [3.05, 3.63) is 0 Å². The number of hydrogen-bond acceptors (Lipinski definition) is 2. The molecule has 0 amide bonds. The maximum Gasteiger partial charge on any atom is 0.0579 e. The molecule has 2 nitrogen and oxygen atoms in total. The Hall–Kier alpha value is -0.0800. The molecule has 3 rings (SSSR count). The molecule has 146 valence electrons. The van der Waals surface area contributed by atoms with Crippen molar-refractivity contribution >= 4 is 0 Å². The Morgan fingerprint density at radius 3 is 1.96 bits per heavy atom. The van der Waals surface area contributed by atoms with Gasteiger partial charge in [-0.3, -0.25) is 0 Å². The van der Waals surface area contributed by atoms with E-state index in [0.29, 0.717) is 17.6 Å². The maximum atomic E-state index is 6.06. The summed E-state index contributed by atoms with van der Waals surface area (Å²) in [7, 11) is 0. The van der Waals surface area contributed by atoms with E-state index in [1.165, 1.54) is 83.8 Å². The zero-order valence-electron chi connectivity index (χ0n) is 17.4. The third kappa shape index (κ3) is 5.45. The summed E-state index contributed by atoms with van der Waals surface area (Å²) in [6.07, 6.45) is 15.2. The van der Waals surface area contributed by atoms with E-state index in [2.05, 4.69) is 32.6 Å². The Balaban J connectivity index is 1.37. The molecule has 1 spiro atoms. The molecule has 1 aliphatic heterocycles. The molecular formula is C23H43NO. The van der Waals surface area contributed by atoms with Crippen LogP contribution in [0.15, 0.2) is 0 Å². The SMILES string of the molecule is CC(C)OC1CCC2(CC1)CCN(CC1CCC(C(C)C)CC1)CC2. The van der Waals surface area contributed by atoms with Gasteiger partial charge in [-0.1, -0.05) is 13.8 Å². The quantitative estimate of drug-likeness (QED) is 0.613. The molecule has 0 bridgehead atoms. The van der Waals surface area contributed by atoms with Crippen molar-refractivity contribution in [2.24, 2.45) is 23.2 Å². The van der Waals surface area contributed by atoms with E-state index in [-0.39, 0.29) is 0 Å². The van der Waals surface area contributed by atoms with Crippen LogP contribution in [0.25, 0.3) is 0 Å². The van der Waals surface area contributed by atoms with Crippen LogP contribution >= 0.6 is 0 Å². The fourth-order valence-corrected chi connectivity index (χ4v) is 5.84. The standard InChI is InChI=1S/C23H43NO/c1-18(2)21-7-5-20(6-8-21)17-24-15-13-23(14-16-24)11-9-22(10-12-23)25-19(3)4/h18-22H,5-17H2,1-4H3. The second-order valence-electron chi connectivity index (χ2n) is 10.2. The molecule has 0 aromatic heterocycles. The Bertz CT molecular complexity index is 379. The molecule has 0 N–H and O–H groups in total. The number of piperidine rings is 1. The summed E-state index contributed by atoms with van der Waals surface area (Å²) < 4.78 is 6.06. The van der Waals surface area contributed by atoms with Crippen LogP contribution in [0.2, 0.25) is 0 Å². The molecule has 2 saturated carbocycles. The van der Waals surface area contributed by atoms with E-state index < -0.39 is 0 Å². The summed E-state index contributed by atoms with van der Waals surface area (Å²) in [5.74, 6) is 2.88. The summed E-state index contributed by atoms with van der Waals surface area (Å²) in [5.41, 5.74) is 0.669. The molecule has 0 unspecified atom stereocenters. The topological polar surface area (TPSA) is 12.5 Å². The van der Waals surface area contributed by atoms with Crippen molar-refractivity contribution in [3.63, 3.8) is 0 Å². The van der Waals surface area contributed by atoms with Crippen LogP contribution in [0, 0.1) is 23.2 Å². The molecule has 3 aliphatic rings. The summed E-state index contributed by atoms with van der Waals surface area (Å²) in [5, 5.41) is 0. The van der Waals surface area contributed by atoms with Crippen LogP contribution < -0.4 is 0 Å². The van der Waals surface area contributed by atoms with Crippen molar-refractivity contribution in [2.75, 3.05) is 19.6 Å². The van der Waals surface area contributed by atoms with Crippen LogP contribution in [0.5, 0.6) is 0 Å². The van der Waals surface area contributed by atoms with Crippen LogP contribution in [-0.4, -0.2) is 36.7 Å². The van der Waals surface area contributed by atoms with Gasteiger partial charge in [-0.15, -0.1) is 0 Å².